The monoisotopic (exact) mass is 293 g/mol. The van der Waals surface area contributed by atoms with Gasteiger partial charge in [-0.05, 0) is 26.9 Å². The molecule has 0 unspecified atom stereocenters. The minimum absolute atomic E-state index is 0.0745. The summed E-state index contributed by atoms with van der Waals surface area (Å²) >= 11 is 0. The van der Waals surface area contributed by atoms with Gasteiger partial charge in [-0.15, -0.1) is 5.10 Å². The van der Waals surface area contributed by atoms with E-state index in [0.29, 0.717) is 6.54 Å². The third-order valence-electron chi connectivity index (χ3n) is 4.56. The van der Waals surface area contributed by atoms with E-state index in [-0.39, 0.29) is 23.2 Å². The molecule has 1 aromatic heterocycles. The van der Waals surface area contributed by atoms with Crippen molar-refractivity contribution in [3.8, 4) is 0 Å². The lowest BCUT2D eigenvalue weighted by atomic mass is 9.80. The van der Waals surface area contributed by atoms with Crippen molar-refractivity contribution in [3.05, 3.63) is 11.6 Å². The number of carbonyl (C=O) groups is 1. The summed E-state index contributed by atoms with van der Waals surface area (Å²) < 4.78 is 0. The van der Waals surface area contributed by atoms with Crippen LogP contribution in [0.2, 0.25) is 0 Å². The lowest BCUT2D eigenvalue weighted by Gasteiger charge is -2.43. The highest BCUT2D eigenvalue weighted by molar-refractivity contribution is 5.90. The van der Waals surface area contributed by atoms with Crippen molar-refractivity contribution in [2.24, 2.45) is 0 Å². The molecule has 118 valence electrons. The Bertz CT molecular complexity index is 474. The van der Waals surface area contributed by atoms with Gasteiger partial charge in [0.2, 0.25) is 5.82 Å². The zero-order chi connectivity index (χ0) is 15.5. The van der Waals surface area contributed by atoms with Gasteiger partial charge in [-0.3, -0.25) is 9.89 Å². The van der Waals surface area contributed by atoms with Crippen LogP contribution in [0.25, 0.3) is 0 Å². The lowest BCUT2D eigenvalue weighted by molar-refractivity contribution is 0.0792. The molecule has 0 spiro atoms. The molecule has 0 bridgehead atoms. The van der Waals surface area contributed by atoms with Crippen LogP contribution in [0.15, 0.2) is 0 Å². The largest absolute Gasteiger partial charge is 0.347 e. The topological polar surface area (TPSA) is 73.9 Å². The number of aromatic amines is 1. The lowest BCUT2D eigenvalue weighted by Crippen LogP contribution is -2.53. The summed E-state index contributed by atoms with van der Waals surface area (Å²) in [6.07, 6.45) is 6.01. The number of nitrogens with one attached hydrogen (secondary N) is 2. The Morgan fingerprint density at radius 3 is 2.52 bits per heavy atom. The number of aromatic nitrogens is 3. The number of nitrogens with zero attached hydrogens (tertiary/aromatic N) is 3. The van der Waals surface area contributed by atoms with Crippen LogP contribution >= 0.6 is 0 Å². The average molecular weight is 293 g/mol. The number of rotatable bonds is 5. The molecular formula is C15H27N5O. The van der Waals surface area contributed by atoms with Crippen LogP contribution in [-0.4, -0.2) is 52.2 Å². The van der Waals surface area contributed by atoms with E-state index in [1.807, 2.05) is 13.8 Å². The Balaban J connectivity index is 1.98. The number of hydrogen-bond donors (Lipinski definition) is 2. The van der Waals surface area contributed by atoms with Gasteiger partial charge in [0.05, 0.1) is 0 Å². The second-order valence-electron chi connectivity index (χ2n) is 6.56. The summed E-state index contributed by atoms with van der Waals surface area (Å²) in [5.74, 6) is 1.04. The summed E-state index contributed by atoms with van der Waals surface area (Å²) in [5.41, 5.74) is 0.0745. The fourth-order valence-electron chi connectivity index (χ4n) is 2.95. The van der Waals surface area contributed by atoms with Crippen LogP contribution in [0.3, 0.4) is 0 Å². The second-order valence-corrected chi connectivity index (χ2v) is 6.56. The Morgan fingerprint density at radius 1 is 1.33 bits per heavy atom. The first-order chi connectivity index (χ1) is 9.94. The molecule has 0 aliphatic heterocycles. The molecule has 1 amide bonds. The predicted octanol–water partition coefficient (Wildman–Crippen LogP) is 1.92. The molecule has 1 aromatic rings. The van der Waals surface area contributed by atoms with Gasteiger partial charge >= 0.3 is 0 Å². The summed E-state index contributed by atoms with van der Waals surface area (Å²) in [7, 11) is 4.20. The number of hydrogen-bond acceptors (Lipinski definition) is 4. The molecule has 6 nitrogen and oxygen atoms in total. The highest BCUT2D eigenvalue weighted by Crippen LogP contribution is 2.31. The predicted molar refractivity (Wildman–Crippen MR) is 82.3 cm³/mol. The highest BCUT2D eigenvalue weighted by Gasteiger charge is 2.34. The van der Waals surface area contributed by atoms with Gasteiger partial charge in [0, 0.05) is 18.0 Å². The standard InChI is InChI=1S/C15H27N5O/c1-11(2)12-17-13(19-18-12)14(21)16-10-15(20(3)4)8-6-5-7-9-15/h11H,5-10H2,1-4H3,(H,16,21)(H,17,18,19). The molecule has 0 atom stereocenters. The molecule has 0 radical (unpaired) electrons. The van der Waals surface area contributed by atoms with Gasteiger partial charge in [-0.2, -0.15) is 0 Å². The van der Waals surface area contributed by atoms with E-state index in [9.17, 15) is 4.79 Å². The third-order valence-corrected chi connectivity index (χ3v) is 4.56. The van der Waals surface area contributed by atoms with Crippen LogP contribution in [0.1, 0.15) is 68.3 Å². The van der Waals surface area contributed by atoms with Gasteiger partial charge < -0.3 is 10.2 Å². The van der Waals surface area contributed by atoms with Crippen molar-refractivity contribution >= 4 is 5.91 Å². The number of carbonyl (C=O) groups excluding carboxylic acids is 1. The Morgan fingerprint density at radius 2 is 2.00 bits per heavy atom. The van der Waals surface area contributed by atoms with Crippen LogP contribution in [0, 0.1) is 0 Å². The number of likely N-dealkylation sites (N-methyl/N-ethyl adjacent to an activating group) is 1. The van der Waals surface area contributed by atoms with Crippen LogP contribution in [0.4, 0.5) is 0 Å². The molecule has 2 rings (SSSR count). The third kappa shape index (κ3) is 3.61. The fourth-order valence-corrected chi connectivity index (χ4v) is 2.95. The highest BCUT2D eigenvalue weighted by atomic mass is 16.2. The van der Waals surface area contributed by atoms with Crippen molar-refractivity contribution in [2.75, 3.05) is 20.6 Å². The van der Waals surface area contributed by atoms with Crippen molar-refractivity contribution in [3.63, 3.8) is 0 Å². The maximum Gasteiger partial charge on any atom is 0.291 e. The van der Waals surface area contributed by atoms with Gasteiger partial charge in [-0.25, -0.2) is 4.98 Å². The Hall–Kier alpha value is -1.43. The van der Waals surface area contributed by atoms with E-state index in [1.54, 1.807) is 0 Å². The molecular weight excluding hydrogens is 266 g/mol. The van der Waals surface area contributed by atoms with Crippen LogP contribution in [0.5, 0.6) is 0 Å². The van der Waals surface area contributed by atoms with E-state index in [4.69, 9.17) is 0 Å². The maximum absolute atomic E-state index is 12.2. The quantitative estimate of drug-likeness (QED) is 0.870. The van der Waals surface area contributed by atoms with E-state index < -0.39 is 0 Å². The minimum Gasteiger partial charge on any atom is -0.347 e. The van der Waals surface area contributed by atoms with Crippen molar-refractivity contribution in [1.29, 1.82) is 0 Å². The molecule has 1 aliphatic rings. The van der Waals surface area contributed by atoms with E-state index >= 15 is 0 Å². The molecule has 1 saturated carbocycles. The molecule has 0 saturated heterocycles. The summed E-state index contributed by atoms with van der Waals surface area (Å²) in [6, 6.07) is 0. The van der Waals surface area contributed by atoms with E-state index in [2.05, 4.69) is 39.5 Å². The zero-order valence-corrected chi connectivity index (χ0v) is 13.6. The molecule has 6 heteroatoms. The van der Waals surface area contributed by atoms with Gasteiger partial charge in [0.25, 0.3) is 5.91 Å². The molecule has 1 aliphatic carbocycles. The van der Waals surface area contributed by atoms with Crippen molar-refractivity contribution < 1.29 is 4.79 Å². The van der Waals surface area contributed by atoms with Gasteiger partial charge in [0.1, 0.15) is 5.82 Å². The van der Waals surface area contributed by atoms with Crippen molar-refractivity contribution in [2.45, 2.75) is 57.4 Å². The van der Waals surface area contributed by atoms with E-state index in [1.165, 1.54) is 19.3 Å². The zero-order valence-electron chi connectivity index (χ0n) is 13.6. The maximum atomic E-state index is 12.2. The van der Waals surface area contributed by atoms with Gasteiger partial charge in [0.15, 0.2) is 0 Å². The molecule has 21 heavy (non-hydrogen) atoms. The second kappa shape index (κ2) is 6.56. The van der Waals surface area contributed by atoms with E-state index in [0.717, 1.165) is 18.7 Å². The summed E-state index contributed by atoms with van der Waals surface area (Å²) in [6.45, 7) is 4.70. The first kappa shape index (κ1) is 15.9. The summed E-state index contributed by atoms with van der Waals surface area (Å²) in [4.78, 5) is 18.7. The molecule has 1 heterocycles. The minimum atomic E-state index is -0.190. The number of amides is 1. The first-order valence-electron chi connectivity index (χ1n) is 7.82. The van der Waals surface area contributed by atoms with Gasteiger partial charge in [-0.1, -0.05) is 33.1 Å². The average Bonchev–Trinajstić information content (AvgIpc) is 2.95. The summed E-state index contributed by atoms with van der Waals surface area (Å²) in [5, 5.41) is 9.85. The van der Waals surface area contributed by atoms with Crippen LogP contribution in [-0.2, 0) is 0 Å². The molecule has 2 N–H and O–H groups in total. The molecule has 0 aromatic carbocycles. The normalized spacial score (nSPS) is 18.2. The van der Waals surface area contributed by atoms with Crippen LogP contribution < -0.4 is 5.32 Å². The Labute approximate surface area is 126 Å². The SMILES string of the molecule is CC(C)c1nc(C(=O)NCC2(N(C)C)CCCCC2)n[nH]1. The molecule has 1 fully saturated rings. The fraction of sp³-hybridized carbons (Fsp3) is 0.800. The first-order valence-corrected chi connectivity index (χ1v) is 7.82. The Kier molecular flexibility index (Phi) is 4.98. The number of H-pyrrole nitrogens is 1. The van der Waals surface area contributed by atoms with Crippen molar-refractivity contribution in [1.82, 2.24) is 25.4 Å². The smallest absolute Gasteiger partial charge is 0.291 e.